The number of methoxy groups -OCH3 is 2. The van der Waals surface area contributed by atoms with Gasteiger partial charge in [-0.2, -0.15) is 0 Å². The lowest BCUT2D eigenvalue weighted by molar-refractivity contribution is -0.140. The summed E-state index contributed by atoms with van der Waals surface area (Å²) in [5, 5.41) is 3.41. The van der Waals surface area contributed by atoms with E-state index in [9.17, 15) is 18.0 Å². The van der Waals surface area contributed by atoms with Gasteiger partial charge in [-0.3, -0.25) is 13.9 Å². The standard InChI is InChI=1S/C31H37Cl2N3O6S/c1-7-27(31(38)34-8-2)35(18-24-25(32)10-9-11-26(24)33)30(37)19-36(22-15-20(3)14-21(4)16-22)43(39,40)23-12-13-28(41-5)29(17-23)42-6/h9-17,27H,7-8,18-19H2,1-6H3,(H,34,38)/t27-/m0/s1. The van der Waals surface area contributed by atoms with Crippen LogP contribution in [0, 0.1) is 13.8 Å². The monoisotopic (exact) mass is 649 g/mol. The number of rotatable bonds is 13. The van der Waals surface area contributed by atoms with Crippen LogP contribution in [0.1, 0.15) is 37.0 Å². The SMILES string of the molecule is CCNC(=O)[C@H](CC)N(Cc1c(Cl)cccc1Cl)C(=O)CN(c1cc(C)cc(C)c1)S(=O)(=O)c1ccc(OC)c(OC)c1. The van der Waals surface area contributed by atoms with Crippen molar-refractivity contribution in [3.63, 3.8) is 0 Å². The number of benzene rings is 3. The van der Waals surface area contributed by atoms with Crippen molar-refractivity contribution in [1.82, 2.24) is 10.2 Å². The molecule has 1 N–H and O–H groups in total. The molecule has 0 radical (unpaired) electrons. The van der Waals surface area contributed by atoms with Crippen LogP contribution in [0.15, 0.2) is 59.5 Å². The molecule has 0 heterocycles. The van der Waals surface area contributed by atoms with Crippen LogP contribution in [0.4, 0.5) is 5.69 Å². The van der Waals surface area contributed by atoms with Gasteiger partial charge >= 0.3 is 0 Å². The average molecular weight is 651 g/mol. The smallest absolute Gasteiger partial charge is 0.264 e. The molecule has 3 aromatic rings. The molecule has 1 atom stereocenters. The molecule has 0 fully saturated rings. The Bertz CT molecular complexity index is 1540. The summed E-state index contributed by atoms with van der Waals surface area (Å²) in [6.45, 7) is 6.88. The summed E-state index contributed by atoms with van der Waals surface area (Å²) < 4.78 is 40.2. The van der Waals surface area contributed by atoms with E-state index in [4.69, 9.17) is 32.7 Å². The van der Waals surface area contributed by atoms with Gasteiger partial charge in [-0.15, -0.1) is 0 Å². The van der Waals surface area contributed by atoms with E-state index >= 15 is 0 Å². The molecule has 0 aliphatic carbocycles. The second kappa shape index (κ2) is 14.8. The van der Waals surface area contributed by atoms with Crippen LogP contribution in [-0.2, 0) is 26.2 Å². The van der Waals surface area contributed by atoms with Gasteiger partial charge in [0.25, 0.3) is 10.0 Å². The van der Waals surface area contributed by atoms with E-state index in [2.05, 4.69) is 5.32 Å². The molecule has 232 valence electrons. The summed E-state index contributed by atoms with van der Waals surface area (Å²) >= 11 is 12.9. The number of sulfonamides is 1. The molecule has 2 amide bonds. The summed E-state index contributed by atoms with van der Waals surface area (Å²) in [6, 6.07) is 13.6. The quantitative estimate of drug-likeness (QED) is 0.252. The number of nitrogens with one attached hydrogen (secondary N) is 1. The molecule has 0 saturated heterocycles. The molecule has 0 spiro atoms. The molecule has 3 rings (SSSR count). The van der Waals surface area contributed by atoms with Crippen LogP contribution in [-0.4, -0.2) is 58.5 Å². The highest BCUT2D eigenvalue weighted by Gasteiger charge is 2.34. The van der Waals surface area contributed by atoms with E-state index in [0.717, 1.165) is 15.4 Å². The first-order chi connectivity index (χ1) is 20.4. The van der Waals surface area contributed by atoms with Crippen molar-refractivity contribution in [2.45, 2.75) is 51.6 Å². The summed E-state index contributed by atoms with van der Waals surface area (Å²) in [4.78, 5) is 28.6. The molecule has 3 aromatic carbocycles. The first-order valence-electron chi connectivity index (χ1n) is 13.7. The summed E-state index contributed by atoms with van der Waals surface area (Å²) in [7, 11) is -1.47. The van der Waals surface area contributed by atoms with Gasteiger partial charge in [0.2, 0.25) is 11.8 Å². The van der Waals surface area contributed by atoms with Crippen LogP contribution >= 0.6 is 23.2 Å². The van der Waals surface area contributed by atoms with E-state index in [1.165, 1.54) is 37.3 Å². The van der Waals surface area contributed by atoms with Gasteiger partial charge < -0.3 is 19.7 Å². The number of aryl methyl sites for hydroxylation is 2. The van der Waals surface area contributed by atoms with Crippen molar-refractivity contribution in [3.8, 4) is 11.5 Å². The largest absolute Gasteiger partial charge is 0.493 e. The van der Waals surface area contributed by atoms with Gasteiger partial charge in [-0.25, -0.2) is 8.42 Å². The molecule has 9 nitrogen and oxygen atoms in total. The number of amides is 2. The topological polar surface area (TPSA) is 105 Å². The summed E-state index contributed by atoms with van der Waals surface area (Å²) in [6.07, 6.45) is 0.269. The first-order valence-corrected chi connectivity index (χ1v) is 15.9. The molecule has 0 aromatic heterocycles. The predicted octanol–water partition coefficient (Wildman–Crippen LogP) is 5.77. The van der Waals surface area contributed by atoms with E-state index in [0.29, 0.717) is 33.6 Å². The maximum Gasteiger partial charge on any atom is 0.264 e. The highest BCUT2D eigenvalue weighted by Crippen LogP contribution is 2.33. The number of hydrogen-bond acceptors (Lipinski definition) is 6. The minimum Gasteiger partial charge on any atom is -0.493 e. The third-order valence-electron chi connectivity index (χ3n) is 6.84. The van der Waals surface area contributed by atoms with Gasteiger partial charge in [-0.1, -0.05) is 42.3 Å². The van der Waals surface area contributed by atoms with Crippen molar-refractivity contribution in [1.29, 1.82) is 0 Å². The fraction of sp³-hybridized carbons (Fsp3) is 0.355. The minimum atomic E-state index is -4.33. The Morgan fingerprint density at radius 2 is 1.51 bits per heavy atom. The van der Waals surface area contributed by atoms with Gasteiger partial charge in [0, 0.05) is 34.8 Å². The van der Waals surface area contributed by atoms with Crippen LogP contribution < -0.4 is 19.1 Å². The number of nitrogens with zero attached hydrogens (tertiary/aromatic N) is 2. The number of anilines is 1. The molecule has 43 heavy (non-hydrogen) atoms. The second-order valence-corrected chi connectivity index (χ2v) is 12.6. The maximum absolute atomic E-state index is 14.3. The van der Waals surface area contributed by atoms with Crippen LogP contribution in [0.25, 0.3) is 0 Å². The Kier molecular flexibility index (Phi) is 11.7. The number of hydrogen-bond donors (Lipinski definition) is 1. The fourth-order valence-electron chi connectivity index (χ4n) is 4.79. The third kappa shape index (κ3) is 7.93. The van der Waals surface area contributed by atoms with Gasteiger partial charge in [-0.05, 0) is 74.7 Å². The van der Waals surface area contributed by atoms with Gasteiger partial charge in [0.15, 0.2) is 11.5 Å². The normalized spacial score (nSPS) is 11.9. The second-order valence-electron chi connectivity index (χ2n) is 9.91. The molecule has 0 bridgehead atoms. The van der Waals surface area contributed by atoms with Crippen LogP contribution in [0.5, 0.6) is 11.5 Å². The van der Waals surface area contributed by atoms with E-state index in [1.807, 2.05) is 19.9 Å². The maximum atomic E-state index is 14.3. The van der Waals surface area contributed by atoms with E-state index in [-0.39, 0.29) is 29.5 Å². The Hall–Kier alpha value is -3.47. The Morgan fingerprint density at radius 1 is 0.907 bits per heavy atom. The highest BCUT2D eigenvalue weighted by atomic mass is 35.5. The number of carbonyl (C=O) groups is 2. The van der Waals surface area contributed by atoms with E-state index < -0.39 is 28.5 Å². The molecule has 0 aliphatic rings. The molecule has 0 saturated carbocycles. The zero-order valence-corrected chi connectivity index (χ0v) is 27.4. The van der Waals surface area contributed by atoms with Crippen molar-refractivity contribution in [2.24, 2.45) is 0 Å². The number of halogens is 2. The van der Waals surface area contributed by atoms with Crippen molar-refractivity contribution >= 4 is 50.7 Å². The molecule has 0 unspecified atom stereocenters. The predicted molar refractivity (Wildman–Crippen MR) is 170 cm³/mol. The molecule has 0 aliphatic heterocycles. The Labute approximate surface area is 263 Å². The molecular formula is C31H37Cl2N3O6S. The van der Waals surface area contributed by atoms with E-state index in [1.54, 1.807) is 44.2 Å². The van der Waals surface area contributed by atoms with Gasteiger partial charge in [0.05, 0.1) is 24.8 Å². The highest BCUT2D eigenvalue weighted by molar-refractivity contribution is 7.92. The molecule has 12 heteroatoms. The first kappa shape index (κ1) is 34.0. The van der Waals surface area contributed by atoms with Gasteiger partial charge in [0.1, 0.15) is 12.6 Å². The number of carbonyl (C=O) groups excluding carboxylic acids is 2. The number of likely N-dealkylation sites (N-methyl/N-ethyl adjacent to an activating group) is 1. The Balaban J connectivity index is 2.17. The zero-order chi connectivity index (χ0) is 31.9. The van der Waals surface area contributed by atoms with Crippen molar-refractivity contribution < 1.29 is 27.5 Å². The summed E-state index contributed by atoms with van der Waals surface area (Å²) in [5.74, 6) is -0.418. The zero-order valence-electron chi connectivity index (χ0n) is 25.1. The lowest BCUT2D eigenvalue weighted by Gasteiger charge is -2.33. The molecular weight excluding hydrogens is 613 g/mol. The lowest BCUT2D eigenvalue weighted by atomic mass is 10.1. The van der Waals surface area contributed by atoms with Crippen LogP contribution in [0.3, 0.4) is 0 Å². The Morgan fingerprint density at radius 3 is 2.05 bits per heavy atom. The van der Waals surface area contributed by atoms with Crippen molar-refractivity contribution in [3.05, 3.63) is 81.3 Å². The number of ether oxygens (including phenoxy) is 2. The van der Waals surface area contributed by atoms with Crippen molar-refractivity contribution in [2.75, 3.05) is 31.6 Å². The lowest BCUT2D eigenvalue weighted by Crippen LogP contribution is -2.52. The minimum absolute atomic E-state index is 0.103. The third-order valence-corrected chi connectivity index (χ3v) is 9.32. The average Bonchev–Trinajstić information content (AvgIpc) is 2.96. The van der Waals surface area contributed by atoms with Crippen LogP contribution in [0.2, 0.25) is 10.0 Å². The summed E-state index contributed by atoms with van der Waals surface area (Å²) in [5.41, 5.74) is 2.36. The fourth-order valence-corrected chi connectivity index (χ4v) is 6.72.